The predicted octanol–water partition coefficient (Wildman–Crippen LogP) is 2.14. The Bertz CT molecular complexity index is 710. The number of rotatable bonds is 2. The minimum absolute atomic E-state index is 0.0395. The first-order valence-corrected chi connectivity index (χ1v) is 6.28. The lowest BCUT2D eigenvalue weighted by molar-refractivity contribution is -0.115. The van der Waals surface area contributed by atoms with E-state index in [0.29, 0.717) is 17.7 Å². The molecule has 20 heavy (non-hydrogen) atoms. The zero-order valence-corrected chi connectivity index (χ0v) is 10.9. The summed E-state index contributed by atoms with van der Waals surface area (Å²) in [6, 6.07) is 8.75. The van der Waals surface area contributed by atoms with E-state index in [1.54, 1.807) is 36.5 Å². The van der Waals surface area contributed by atoms with E-state index in [9.17, 15) is 9.59 Å². The molecule has 2 N–H and O–H groups in total. The van der Waals surface area contributed by atoms with Gasteiger partial charge in [-0.2, -0.15) is 0 Å². The Labute approximate surface area is 116 Å². The van der Waals surface area contributed by atoms with Gasteiger partial charge in [-0.25, -0.2) is 0 Å². The predicted molar refractivity (Wildman–Crippen MR) is 75.7 cm³/mol. The van der Waals surface area contributed by atoms with Crippen LogP contribution < -0.4 is 10.6 Å². The fourth-order valence-electron chi connectivity index (χ4n) is 2.20. The molecule has 0 unspecified atom stereocenters. The van der Waals surface area contributed by atoms with E-state index < -0.39 is 0 Å². The molecular formula is C15H13N3O2. The Hall–Kier alpha value is -2.69. The smallest absolute Gasteiger partial charge is 0.255 e. The second-order valence-corrected chi connectivity index (χ2v) is 4.74. The van der Waals surface area contributed by atoms with Crippen LogP contribution in [0.25, 0.3) is 0 Å². The number of carbonyl (C=O) groups excluding carboxylic acids is 2. The maximum atomic E-state index is 12.2. The lowest BCUT2D eigenvalue weighted by Gasteiger charge is -2.07. The molecule has 2 heterocycles. The number of aryl methyl sites for hydroxylation is 1. The van der Waals surface area contributed by atoms with Gasteiger partial charge < -0.3 is 10.6 Å². The van der Waals surface area contributed by atoms with Gasteiger partial charge in [-0.1, -0.05) is 0 Å². The highest BCUT2D eigenvalue weighted by Crippen LogP contribution is 2.24. The van der Waals surface area contributed by atoms with E-state index in [4.69, 9.17) is 0 Å². The third kappa shape index (κ3) is 2.38. The third-order valence-corrected chi connectivity index (χ3v) is 3.15. The number of pyridine rings is 1. The number of fused-ring (bicyclic) bond motifs is 1. The van der Waals surface area contributed by atoms with E-state index in [2.05, 4.69) is 15.6 Å². The Morgan fingerprint density at radius 3 is 2.95 bits per heavy atom. The van der Waals surface area contributed by atoms with Gasteiger partial charge in [-0.15, -0.1) is 0 Å². The van der Waals surface area contributed by atoms with Crippen molar-refractivity contribution in [3.63, 3.8) is 0 Å². The third-order valence-electron chi connectivity index (χ3n) is 3.15. The van der Waals surface area contributed by atoms with Crippen molar-refractivity contribution < 1.29 is 9.59 Å². The molecule has 2 aromatic rings. The Morgan fingerprint density at radius 1 is 1.30 bits per heavy atom. The van der Waals surface area contributed by atoms with Crippen molar-refractivity contribution in [2.75, 3.05) is 10.6 Å². The highest BCUT2D eigenvalue weighted by atomic mass is 16.2. The maximum Gasteiger partial charge on any atom is 0.255 e. The summed E-state index contributed by atoms with van der Waals surface area (Å²) in [7, 11) is 0. The van der Waals surface area contributed by atoms with Crippen LogP contribution in [-0.2, 0) is 11.2 Å². The largest absolute Gasteiger partial charge is 0.326 e. The molecule has 0 fully saturated rings. The summed E-state index contributed by atoms with van der Waals surface area (Å²) in [6.07, 6.45) is 1.97. The van der Waals surface area contributed by atoms with Crippen LogP contribution in [-0.4, -0.2) is 16.8 Å². The maximum absolute atomic E-state index is 12.2. The second-order valence-electron chi connectivity index (χ2n) is 4.74. The van der Waals surface area contributed by atoms with Crippen molar-refractivity contribution in [1.82, 2.24) is 4.98 Å². The van der Waals surface area contributed by atoms with Gasteiger partial charge in [0.2, 0.25) is 5.91 Å². The van der Waals surface area contributed by atoms with E-state index in [0.717, 1.165) is 16.9 Å². The van der Waals surface area contributed by atoms with Crippen LogP contribution >= 0.6 is 0 Å². The molecule has 0 saturated heterocycles. The van der Waals surface area contributed by atoms with E-state index in [-0.39, 0.29) is 11.8 Å². The number of hydrogen-bond acceptors (Lipinski definition) is 3. The summed E-state index contributed by atoms with van der Waals surface area (Å²) >= 11 is 0. The Morgan fingerprint density at radius 2 is 2.15 bits per heavy atom. The SMILES string of the molecule is Cc1cc(NC(=O)c2ccc3c(c2)CC(=O)N3)ccn1. The molecule has 1 aromatic heterocycles. The molecule has 0 aliphatic carbocycles. The highest BCUT2D eigenvalue weighted by Gasteiger charge is 2.19. The fourth-order valence-corrected chi connectivity index (χ4v) is 2.20. The van der Waals surface area contributed by atoms with E-state index in [1.807, 2.05) is 6.92 Å². The van der Waals surface area contributed by atoms with Gasteiger partial charge in [0.25, 0.3) is 5.91 Å². The van der Waals surface area contributed by atoms with E-state index >= 15 is 0 Å². The highest BCUT2D eigenvalue weighted by molar-refractivity contribution is 6.06. The van der Waals surface area contributed by atoms with Gasteiger partial charge in [0.15, 0.2) is 0 Å². The van der Waals surface area contributed by atoms with Gasteiger partial charge in [0.05, 0.1) is 6.42 Å². The molecule has 1 aliphatic rings. The van der Waals surface area contributed by atoms with Crippen LogP contribution in [0.4, 0.5) is 11.4 Å². The molecule has 1 aliphatic heterocycles. The monoisotopic (exact) mass is 267 g/mol. The quantitative estimate of drug-likeness (QED) is 0.875. The summed E-state index contributed by atoms with van der Waals surface area (Å²) in [4.78, 5) is 27.5. The summed E-state index contributed by atoms with van der Waals surface area (Å²) in [5.41, 5.74) is 3.72. The molecule has 0 spiro atoms. The standard InChI is InChI=1S/C15H13N3O2/c1-9-6-12(4-5-16-9)17-15(20)10-2-3-13-11(7-10)8-14(19)18-13/h2-7H,8H2,1H3,(H,18,19)(H,16,17,20). The van der Waals surface area contributed by atoms with Crippen molar-refractivity contribution in [3.8, 4) is 0 Å². The summed E-state index contributed by atoms with van der Waals surface area (Å²) in [5, 5.41) is 5.56. The van der Waals surface area contributed by atoms with Gasteiger partial charge >= 0.3 is 0 Å². The van der Waals surface area contributed by atoms with Gasteiger partial charge in [0, 0.05) is 28.8 Å². The van der Waals surface area contributed by atoms with Crippen LogP contribution in [0.5, 0.6) is 0 Å². The zero-order valence-electron chi connectivity index (χ0n) is 10.9. The van der Waals surface area contributed by atoms with Crippen LogP contribution in [0.15, 0.2) is 36.5 Å². The number of nitrogens with one attached hydrogen (secondary N) is 2. The number of hydrogen-bond donors (Lipinski definition) is 2. The molecule has 3 rings (SSSR count). The molecule has 0 radical (unpaired) electrons. The van der Waals surface area contributed by atoms with Crippen molar-refractivity contribution >= 4 is 23.2 Å². The number of benzene rings is 1. The van der Waals surface area contributed by atoms with Crippen LogP contribution in [0.1, 0.15) is 21.6 Å². The first-order valence-electron chi connectivity index (χ1n) is 6.28. The zero-order chi connectivity index (χ0) is 14.1. The first kappa shape index (κ1) is 12.3. The summed E-state index contributed by atoms with van der Waals surface area (Å²) in [5.74, 6) is -0.236. The van der Waals surface area contributed by atoms with Crippen LogP contribution in [0.3, 0.4) is 0 Å². The van der Waals surface area contributed by atoms with E-state index in [1.165, 1.54) is 0 Å². The minimum Gasteiger partial charge on any atom is -0.326 e. The normalized spacial score (nSPS) is 12.8. The molecule has 0 saturated carbocycles. The molecule has 5 nitrogen and oxygen atoms in total. The van der Waals surface area contributed by atoms with Gasteiger partial charge in [-0.3, -0.25) is 14.6 Å². The van der Waals surface area contributed by atoms with Crippen molar-refractivity contribution in [2.24, 2.45) is 0 Å². The molecule has 0 atom stereocenters. The summed E-state index contributed by atoms with van der Waals surface area (Å²) < 4.78 is 0. The molecule has 100 valence electrons. The number of nitrogens with zero attached hydrogens (tertiary/aromatic N) is 1. The average molecular weight is 267 g/mol. The van der Waals surface area contributed by atoms with Crippen LogP contribution in [0.2, 0.25) is 0 Å². The molecular weight excluding hydrogens is 254 g/mol. The first-order chi connectivity index (χ1) is 9.61. The fraction of sp³-hybridized carbons (Fsp3) is 0.133. The lowest BCUT2D eigenvalue weighted by Crippen LogP contribution is -2.12. The van der Waals surface area contributed by atoms with Crippen molar-refractivity contribution in [3.05, 3.63) is 53.3 Å². The summed E-state index contributed by atoms with van der Waals surface area (Å²) in [6.45, 7) is 1.86. The molecule has 5 heteroatoms. The van der Waals surface area contributed by atoms with Gasteiger partial charge in [0.1, 0.15) is 0 Å². The number of amides is 2. The topological polar surface area (TPSA) is 71.1 Å². The molecule has 1 aromatic carbocycles. The van der Waals surface area contributed by atoms with Gasteiger partial charge in [-0.05, 0) is 42.8 Å². The van der Waals surface area contributed by atoms with Crippen molar-refractivity contribution in [2.45, 2.75) is 13.3 Å². The average Bonchev–Trinajstić information content (AvgIpc) is 2.77. The molecule has 2 amide bonds. The minimum atomic E-state index is -0.197. The Kier molecular flexibility index (Phi) is 2.95. The lowest BCUT2D eigenvalue weighted by atomic mass is 10.1. The number of aromatic nitrogens is 1. The van der Waals surface area contributed by atoms with Crippen LogP contribution in [0, 0.1) is 6.92 Å². The Balaban J connectivity index is 1.81. The second kappa shape index (κ2) is 4.77. The molecule has 0 bridgehead atoms. The number of anilines is 2. The number of carbonyl (C=O) groups is 2. The van der Waals surface area contributed by atoms with Crippen molar-refractivity contribution in [1.29, 1.82) is 0 Å².